The third-order valence-corrected chi connectivity index (χ3v) is 5.29. The van der Waals surface area contributed by atoms with Crippen LogP contribution >= 0.6 is 11.3 Å². The molecule has 1 atom stereocenters. The van der Waals surface area contributed by atoms with Crippen LogP contribution in [0.5, 0.6) is 0 Å². The third-order valence-electron chi connectivity index (χ3n) is 4.42. The molecule has 0 spiro atoms. The molecule has 4 heterocycles. The van der Waals surface area contributed by atoms with E-state index < -0.39 is 0 Å². The highest BCUT2D eigenvalue weighted by Gasteiger charge is 2.25. The number of aryl methyl sites for hydroxylation is 1. The van der Waals surface area contributed by atoms with E-state index in [-0.39, 0.29) is 0 Å². The van der Waals surface area contributed by atoms with Gasteiger partial charge in [0.2, 0.25) is 0 Å². The molecule has 0 radical (unpaired) electrons. The van der Waals surface area contributed by atoms with Gasteiger partial charge in [-0.2, -0.15) is 5.10 Å². The summed E-state index contributed by atoms with van der Waals surface area (Å²) < 4.78 is 0. The molecule has 1 aliphatic heterocycles. The number of hydrogen-bond donors (Lipinski definition) is 2. The molecule has 7 nitrogen and oxygen atoms in total. The SMILES string of the molecule is Cc1csc(Nc2nccnc2C2CCCN(Cc3ccn[nH]3)C2)n1. The van der Waals surface area contributed by atoms with Crippen molar-refractivity contribution >= 4 is 22.3 Å². The highest BCUT2D eigenvalue weighted by molar-refractivity contribution is 7.13. The van der Waals surface area contributed by atoms with Crippen LogP contribution in [-0.2, 0) is 6.54 Å². The zero-order valence-corrected chi connectivity index (χ0v) is 15.0. The Balaban J connectivity index is 1.50. The molecule has 3 aromatic heterocycles. The molecule has 1 unspecified atom stereocenters. The zero-order valence-electron chi connectivity index (χ0n) is 14.1. The lowest BCUT2D eigenvalue weighted by Crippen LogP contribution is -2.34. The molecule has 130 valence electrons. The Hall–Kier alpha value is -2.32. The number of aromatic nitrogens is 5. The van der Waals surface area contributed by atoms with Gasteiger partial charge >= 0.3 is 0 Å². The summed E-state index contributed by atoms with van der Waals surface area (Å²) in [6.45, 7) is 4.96. The van der Waals surface area contributed by atoms with Crippen molar-refractivity contribution in [1.82, 2.24) is 30.0 Å². The number of aromatic amines is 1. The maximum Gasteiger partial charge on any atom is 0.188 e. The summed E-state index contributed by atoms with van der Waals surface area (Å²) in [5.74, 6) is 1.19. The number of likely N-dealkylation sites (tertiary alicyclic amines) is 1. The molecule has 3 aromatic rings. The van der Waals surface area contributed by atoms with Gasteiger partial charge < -0.3 is 5.32 Å². The van der Waals surface area contributed by atoms with Gasteiger partial charge in [0, 0.05) is 48.7 Å². The number of anilines is 2. The Morgan fingerprint density at radius 3 is 3.04 bits per heavy atom. The number of thiazole rings is 1. The van der Waals surface area contributed by atoms with Crippen molar-refractivity contribution in [3.8, 4) is 0 Å². The second-order valence-electron chi connectivity index (χ2n) is 6.37. The van der Waals surface area contributed by atoms with Crippen molar-refractivity contribution in [2.45, 2.75) is 32.2 Å². The van der Waals surface area contributed by atoms with Crippen molar-refractivity contribution < 1.29 is 0 Å². The highest BCUT2D eigenvalue weighted by Crippen LogP contribution is 2.31. The van der Waals surface area contributed by atoms with E-state index in [0.717, 1.165) is 60.5 Å². The van der Waals surface area contributed by atoms with Gasteiger partial charge in [-0.25, -0.2) is 9.97 Å². The first kappa shape index (κ1) is 16.2. The first-order chi connectivity index (χ1) is 12.3. The number of hydrogen-bond acceptors (Lipinski definition) is 7. The predicted octanol–water partition coefficient (Wildman–Crippen LogP) is 3.09. The van der Waals surface area contributed by atoms with E-state index in [1.807, 2.05) is 18.4 Å². The van der Waals surface area contributed by atoms with Crippen molar-refractivity contribution in [1.29, 1.82) is 0 Å². The fraction of sp³-hybridized carbons (Fsp3) is 0.412. The lowest BCUT2D eigenvalue weighted by molar-refractivity contribution is 0.196. The number of piperidine rings is 1. The molecule has 0 aromatic carbocycles. The first-order valence-corrected chi connectivity index (χ1v) is 9.36. The summed E-state index contributed by atoms with van der Waals surface area (Å²) in [6, 6.07) is 2.03. The van der Waals surface area contributed by atoms with Crippen LogP contribution in [0.2, 0.25) is 0 Å². The molecule has 0 aliphatic carbocycles. The molecule has 1 aliphatic rings. The predicted molar refractivity (Wildman–Crippen MR) is 98.0 cm³/mol. The van der Waals surface area contributed by atoms with Crippen LogP contribution < -0.4 is 5.32 Å². The van der Waals surface area contributed by atoms with Crippen LogP contribution in [0.15, 0.2) is 30.0 Å². The number of rotatable bonds is 5. The number of nitrogens with one attached hydrogen (secondary N) is 2. The lowest BCUT2D eigenvalue weighted by atomic mass is 9.94. The van der Waals surface area contributed by atoms with Gasteiger partial charge in [0.1, 0.15) is 0 Å². The average molecular weight is 355 g/mol. The van der Waals surface area contributed by atoms with Gasteiger partial charge in [-0.15, -0.1) is 11.3 Å². The monoisotopic (exact) mass is 355 g/mol. The molecule has 0 amide bonds. The van der Waals surface area contributed by atoms with Crippen molar-refractivity contribution in [2.24, 2.45) is 0 Å². The Kier molecular flexibility index (Phi) is 4.71. The molecular formula is C17H21N7S. The van der Waals surface area contributed by atoms with Crippen LogP contribution in [0, 0.1) is 6.92 Å². The van der Waals surface area contributed by atoms with E-state index in [1.165, 1.54) is 0 Å². The van der Waals surface area contributed by atoms with E-state index >= 15 is 0 Å². The maximum absolute atomic E-state index is 4.64. The van der Waals surface area contributed by atoms with E-state index in [4.69, 9.17) is 0 Å². The Morgan fingerprint density at radius 1 is 1.32 bits per heavy atom. The van der Waals surface area contributed by atoms with Crippen LogP contribution in [-0.4, -0.2) is 43.1 Å². The largest absolute Gasteiger partial charge is 0.315 e. The smallest absolute Gasteiger partial charge is 0.188 e. The Morgan fingerprint density at radius 2 is 2.24 bits per heavy atom. The molecule has 2 N–H and O–H groups in total. The summed E-state index contributed by atoms with van der Waals surface area (Å²) >= 11 is 1.59. The fourth-order valence-corrected chi connectivity index (χ4v) is 3.98. The van der Waals surface area contributed by atoms with Gasteiger partial charge in [-0.05, 0) is 32.4 Å². The molecule has 8 heteroatoms. The van der Waals surface area contributed by atoms with Crippen LogP contribution in [0.25, 0.3) is 0 Å². The quantitative estimate of drug-likeness (QED) is 0.732. The average Bonchev–Trinajstić information content (AvgIpc) is 3.27. The van der Waals surface area contributed by atoms with Gasteiger partial charge in [0.15, 0.2) is 10.9 Å². The number of H-pyrrole nitrogens is 1. The van der Waals surface area contributed by atoms with E-state index in [1.54, 1.807) is 29.9 Å². The summed E-state index contributed by atoms with van der Waals surface area (Å²) in [6.07, 6.45) is 7.60. The maximum atomic E-state index is 4.64. The second kappa shape index (κ2) is 7.28. The molecule has 1 fully saturated rings. The Bertz CT molecular complexity index is 814. The molecular weight excluding hydrogens is 334 g/mol. The first-order valence-electron chi connectivity index (χ1n) is 8.48. The van der Waals surface area contributed by atoms with Gasteiger partial charge in [0.25, 0.3) is 0 Å². The molecule has 0 bridgehead atoms. The minimum absolute atomic E-state index is 0.369. The molecule has 1 saturated heterocycles. The summed E-state index contributed by atoms with van der Waals surface area (Å²) in [5.41, 5.74) is 3.20. The second-order valence-corrected chi connectivity index (χ2v) is 7.22. The lowest BCUT2D eigenvalue weighted by Gasteiger charge is -2.32. The van der Waals surface area contributed by atoms with Gasteiger partial charge in [-0.3, -0.25) is 15.0 Å². The fourth-order valence-electron chi connectivity index (χ4n) is 3.29. The van der Waals surface area contributed by atoms with Crippen molar-refractivity contribution in [2.75, 3.05) is 18.4 Å². The minimum atomic E-state index is 0.369. The summed E-state index contributed by atoms with van der Waals surface area (Å²) in [4.78, 5) is 16.1. The van der Waals surface area contributed by atoms with Crippen molar-refractivity contribution in [3.05, 3.63) is 47.1 Å². The van der Waals surface area contributed by atoms with Gasteiger partial charge in [0.05, 0.1) is 11.4 Å². The van der Waals surface area contributed by atoms with Crippen LogP contribution in [0.1, 0.15) is 35.8 Å². The van der Waals surface area contributed by atoms with E-state index in [9.17, 15) is 0 Å². The van der Waals surface area contributed by atoms with E-state index in [2.05, 4.69) is 35.4 Å². The Labute approximate surface area is 150 Å². The topological polar surface area (TPSA) is 82.6 Å². The van der Waals surface area contributed by atoms with Gasteiger partial charge in [-0.1, -0.05) is 0 Å². The van der Waals surface area contributed by atoms with Crippen LogP contribution in [0.4, 0.5) is 10.9 Å². The molecule has 4 rings (SSSR count). The summed E-state index contributed by atoms with van der Waals surface area (Å²) in [5, 5.41) is 13.3. The zero-order chi connectivity index (χ0) is 17.1. The third kappa shape index (κ3) is 3.85. The van der Waals surface area contributed by atoms with Crippen LogP contribution in [0.3, 0.4) is 0 Å². The highest BCUT2D eigenvalue weighted by atomic mass is 32.1. The van der Waals surface area contributed by atoms with E-state index in [0.29, 0.717) is 5.92 Å². The molecule has 0 saturated carbocycles. The minimum Gasteiger partial charge on any atom is -0.315 e. The number of nitrogens with zero attached hydrogens (tertiary/aromatic N) is 5. The normalized spacial score (nSPS) is 18.4. The summed E-state index contributed by atoms with van der Waals surface area (Å²) in [7, 11) is 0. The van der Waals surface area contributed by atoms with Crippen molar-refractivity contribution in [3.63, 3.8) is 0 Å². The standard InChI is InChI=1S/C17H21N7S/c1-12-11-25-17(21-12)22-16-15(18-6-7-19-16)13-3-2-8-24(9-13)10-14-4-5-20-23-14/h4-7,11,13H,2-3,8-10H2,1H3,(H,20,23)(H,19,21,22). The molecule has 25 heavy (non-hydrogen) atoms.